The maximum absolute atomic E-state index is 12.5. The number of hydrogen-bond acceptors (Lipinski definition) is 4. The van der Waals surface area contributed by atoms with Crippen LogP contribution in [0.1, 0.15) is 15.9 Å². The molecule has 0 unspecified atom stereocenters. The minimum absolute atomic E-state index is 0.314. The van der Waals surface area contributed by atoms with Crippen molar-refractivity contribution in [2.75, 3.05) is 5.32 Å². The van der Waals surface area contributed by atoms with Gasteiger partial charge < -0.3 is 5.32 Å². The van der Waals surface area contributed by atoms with Crippen LogP contribution in [0.15, 0.2) is 61.1 Å². The zero-order valence-electron chi connectivity index (χ0n) is 13.9. The van der Waals surface area contributed by atoms with Crippen LogP contribution < -0.4 is 5.32 Å². The molecule has 3 aromatic heterocycles. The molecule has 0 bridgehead atoms. The van der Waals surface area contributed by atoms with E-state index in [1.807, 2.05) is 30.3 Å². The Morgan fingerprint density at radius 3 is 2.59 bits per heavy atom. The maximum Gasteiger partial charge on any atom is 0.258 e. The van der Waals surface area contributed by atoms with Crippen molar-refractivity contribution in [3.63, 3.8) is 0 Å². The van der Waals surface area contributed by atoms with Crippen molar-refractivity contribution in [3.8, 4) is 0 Å². The van der Waals surface area contributed by atoms with E-state index in [0.717, 1.165) is 10.9 Å². The van der Waals surface area contributed by atoms with Crippen LogP contribution in [0, 0.1) is 0 Å². The molecule has 6 nitrogen and oxygen atoms in total. The molecule has 0 spiro atoms. The minimum Gasteiger partial charge on any atom is -0.306 e. The first-order valence-electron chi connectivity index (χ1n) is 8.08. The molecule has 0 saturated carbocycles. The van der Waals surface area contributed by atoms with E-state index in [0.29, 0.717) is 33.6 Å². The fourth-order valence-corrected chi connectivity index (χ4v) is 2.89. The Morgan fingerprint density at radius 1 is 1.00 bits per heavy atom. The predicted molar refractivity (Wildman–Crippen MR) is 105 cm³/mol. The highest BCUT2D eigenvalue weighted by atomic mass is 35.5. The lowest BCUT2D eigenvalue weighted by molar-refractivity contribution is 0.102. The summed E-state index contributed by atoms with van der Waals surface area (Å²) in [7, 11) is 0. The largest absolute Gasteiger partial charge is 0.306 e. The summed E-state index contributed by atoms with van der Waals surface area (Å²) >= 11 is 11.8. The molecule has 134 valence electrons. The molecule has 8 heteroatoms. The summed E-state index contributed by atoms with van der Waals surface area (Å²) in [6, 6.07) is 13.2. The van der Waals surface area contributed by atoms with Gasteiger partial charge in [-0.2, -0.15) is 5.10 Å². The molecular weight excluding hydrogens is 385 g/mol. The Morgan fingerprint density at radius 2 is 1.81 bits per heavy atom. The van der Waals surface area contributed by atoms with E-state index in [2.05, 4.69) is 20.4 Å². The first-order valence-corrected chi connectivity index (χ1v) is 8.83. The second-order valence-electron chi connectivity index (χ2n) is 5.86. The van der Waals surface area contributed by atoms with Gasteiger partial charge >= 0.3 is 0 Å². The Labute approximate surface area is 164 Å². The van der Waals surface area contributed by atoms with E-state index < -0.39 is 0 Å². The number of carbonyl (C=O) groups is 1. The maximum atomic E-state index is 12.5. The lowest BCUT2D eigenvalue weighted by atomic mass is 10.2. The molecule has 0 atom stereocenters. The summed E-state index contributed by atoms with van der Waals surface area (Å²) < 4.78 is 1.80. The van der Waals surface area contributed by atoms with E-state index in [1.165, 1.54) is 18.5 Å². The van der Waals surface area contributed by atoms with Gasteiger partial charge in [0.15, 0.2) is 5.65 Å². The normalized spacial score (nSPS) is 10.9. The highest BCUT2D eigenvalue weighted by Gasteiger charge is 2.12. The van der Waals surface area contributed by atoms with Gasteiger partial charge in [0, 0.05) is 23.8 Å². The summed E-state index contributed by atoms with van der Waals surface area (Å²) in [6.07, 6.45) is 4.59. The number of anilines is 1. The quantitative estimate of drug-likeness (QED) is 0.552. The van der Waals surface area contributed by atoms with Gasteiger partial charge in [0.05, 0.1) is 28.4 Å². The van der Waals surface area contributed by atoms with Crippen LogP contribution in [0.5, 0.6) is 0 Å². The topological polar surface area (TPSA) is 72.7 Å². The van der Waals surface area contributed by atoms with Gasteiger partial charge in [0.2, 0.25) is 0 Å². The van der Waals surface area contributed by atoms with Crippen molar-refractivity contribution in [2.24, 2.45) is 0 Å². The van der Waals surface area contributed by atoms with E-state index in [-0.39, 0.29) is 5.91 Å². The summed E-state index contributed by atoms with van der Waals surface area (Å²) in [5.74, 6) is -0.0274. The molecule has 4 rings (SSSR count). The van der Waals surface area contributed by atoms with Crippen LogP contribution in [0.2, 0.25) is 10.0 Å². The van der Waals surface area contributed by atoms with E-state index in [1.54, 1.807) is 16.9 Å². The molecule has 0 aliphatic rings. The van der Waals surface area contributed by atoms with Crippen LogP contribution in [0.3, 0.4) is 0 Å². The fraction of sp³-hybridized carbons (Fsp3) is 0.0526. The molecule has 0 aliphatic carbocycles. The number of amides is 1. The monoisotopic (exact) mass is 397 g/mol. The second-order valence-corrected chi connectivity index (χ2v) is 6.68. The van der Waals surface area contributed by atoms with Gasteiger partial charge in [0.25, 0.3) is 5.91 Å². The number of pyridine rings is 2. The Hall–Kier alpha value is -2.96. The lowest BCUT2D eigenvalue weighted by Crippen LogP contribution is -2.13. The second kappa shape index (κ2) is 7.34. The molecular formula is C19H13Cl2N5O. The molecule has 1 aromatic carbocycles. The van der Waals surface area contributed by atoms with Gasteiger partial charge in [-0.25, -0.2) is 14.6 Å². The number of halogens is 2. The zero-order chi connectivity index (χ0) is 18.8. The van der Waals surface area contributed by atoms with Crippen molar-refractivity contribution in [1.82, 2.24) is 19.7 Å². The first-order chi connectivity index (χ1) is 13.1. The van der Waals surface area contributed by atoms with Gasteiger partial charge in [-0.1, -0.05) is 53.5 Å². The molecule has 3 heterocycles. The van der Waals surface area contributed by atoms with Gasteiger partial charge in [-0.05, 0) is 11.6 Å². The molecule has 0 fully saturated rings. The highest BCUT2D eigenvalue weighted by Crippen LogP contribution is 2.23. The van der Waals surface area contributed by atoms with Crippen LogP contribution in [0.4, 0.5) is 5.82 Å². The third kappa shape index (κ3) is 3.77. The van der Waals surface area contributed by atoms with Crippen molar-refractivity contribution >= 4 is 46.0 Å². The van der Waals surface area contributed by atoms with Crippen molar-refractivity contribution < 1.29 is 4.79 Å². The third-order valence-corrected chi connectivity index (χ3v) is 4.67. The smallest absolute Gasteiger partial charge is 0.258 e. The Balaban J connectivity index is 1.56. The predicted octanol–water partition coefficient (Wildman–Crippen LogP) is 4.43. The number of nitrogens with one attached hydrogen (secondary N) is 1. The minimum atomic E-state index is -0.342. The lowest BCUT2D eigenvalue weighted by Gasteiger charge is -2.06. The van der Waals surface area contributed by atoms with E-state index >= 15 is 0 Å². The molecule has 0 saturated heterocycles. The number of carbonyl (C=O) groups excluding carboxylic acids is 1. The first kappa shape index (κ1) is 17.5. The average Bonchev–Trinajstić information content (AvgIpc) is 3.07. The Kier molecular flexibility index (Phi) is 4.75. The average molecular weight is 398 g/mol. The molecule has 1 amide bonds. The van der Waals surface area contributed by atoms with Gasteiger partial charge in [-0.3, -0.25) is 4.79 Å². The molecule has 0 radical (unpaired) electrons. The fourth-order valence-electron chi connectivity index (χ4n) is 2.64. The van der Waals surface area contributed by atoms with Gasteiger partial charge in [0.1, 0.15) is 5.82 Å². The SMILES string of the molecule is O=C(Nc1cc(Cl)c(Cl)cn1)c1cnc2c(cnn2Cc2ccccc2)c1. The van der Waals surface area contributed by atoms with Crippen molar-refractivity contribution in [2.45, 2.75) is 6.54 Å². The number of nitrogens with zero attached hydrogens (tertiary/aromatic N) is 4. The number of fused-ring (bicyclic) bond motifs is 1. The van der Waals surface area contributed by atoms with Crippen molar-refractivity contribution in [3.05, 3.63) is 82.2 Å². The molecule has 1 N–H and O–H groups in total. The molecule has 4 aromatic rings. The van der Waals surface area contributed by atoms with Crippen LogP contribution in [-0.2, 0) is 6.54 Å². The zero-order valence-corrected chi connectivity index (χ0v) is 15.4. The molecule has 27 heavy (non-hydrogen) atoms. The van der Waals surface area contributed by atoms with Gasteiger partial charge in [-0.15, -0.1) is 0 Å². The van der Waals surface area contributed by atoms with E-state index in [9.17, 15) is 4.79 Å². The molecule has 0 aliphatic heterocycles. The number of benzene rings is 1. The summed E-state index contributed by atoms with van der Waals surface area (Å²) in [4.78, 5) is 20.9. The highest BCUT2D eigenvalue weighted by molar-refractivity contribution is 6.42. The number of aromatic nitrogens is 4. The van der Waals surface area contributed by atoms with Crippen LogP contribution in [0.25, 0.3) is 11.0 Å². The summed E-state index contributed by atoms with van der Waals surface area (Å²) in [5, 5.41) is 8.47. The van der Waals surface area contributed by atoms with Crippen LogP contribution in [-0.4, -0.2) is 25.7 Å². The van der Waals surface area contributed by atoms with Crippen molar-refractivity contribution in [1.29, 1.82) is 0 Å². The number of rotatable bonds is 4. The summed E-state index contributed by atoms with van der Waals surface area (Å²) in [6.45, 7) is 0.607. The summed E-state index contributed by atoms with van der Waals surface area (Å²) in [5.41, 5.74) is 2.23. The number of hydrogen-bond donors (Lipinski definition) is 1. The third-order valence-electron chi connectivity index (χ3n) is 3.96. The van der Waals surface area contributed by atoms with Crippen LogP contribution >= 0.6 is 23.2 Å². The standard InChI is InChI=1S/C19H13Cl2N5O/c20-15-7-17(22-10-16(15)21)25-19(27)14-6-13-9-24-26(18(13)23-8-14)11-12-4-2-1-3-5-12/h1-10H,11H2,(H,22,25,27). The van der Waals surface area contributed by atoms with E-state index in [4.69, 9.17) is 23.2 Å². The Bertz CT molecular complexity index is 1130.